The third-order valence-corrected chi connectivity index (χ3v) is 3.23. The number of para-hydroxylation sites is 1. The molecule has 1 aromatic heterocycles. The summed E-state index contributed by atoms with van der Waals surface area (Å²) in [7, 11) is 0. The highest BCUT2D eigenvalue weighted by atomic mass is 16.5. The van der Waals surface area contributed by atoms with E-state index in [0.29, 0.717) is 12.1 Å². The van der Waals surface area contributed by atoms with Crippen molar-refractivity contribution in [2.45, 2.75) is 46.3 Å². The number of anilines is 1. The molecular formula is C15H23N3O. The largest absolute Gasteiger partial charge is 0.379 e. The fourth-order valence-electron chi connectivity index (χ4n) is 2.30. The van der Waals surface area contributed by atoms with Crippen molar-refractivity contribution in [2.24, 2.45) is 0 Å². The van der Waals surface area contributed by atoms with E-state index in [-0.39, 0.29) is 0 Å². The van der Waals surface area contributed by atoms with Crippen LogP contribution in [0, 0.1) is 6.92 Å². The molecule has 0 saturated heterocycles. The molecule has 1 heterocycles. The predicted octanol–water partition coefficient (Wildman–Crippen LogP) is 3.13. The van der Waals surface area contributed by atoms with Gasteiger partial charge in [0.2, 0.25) is 5.95 Å². The first kappa shape index (κ1) is 13.9. The molecular weight excluding hydrogens is 238 g/mol. The Morgan fingerprint density at radius 3 is 2.84 bits per heavy atom. The normalized spacial score (nSPS) is 11.6. The first-order chi connectivity index (χ1) is 9.09. The van der Waals surface area contributed by atoms with Crippen LogP contribution in [0.25, 0.3) is 11.0 Å². The summed E-state index contributed by atoms with van der Waals surface area (Å²) in [5.41, 5.74) is 9.37. The van der Waals surface area contributed by atoms with Crippen molar-refractivity contribution in [3.63, 3.8) is 0 Å². The molecule has 2 rings (SSSR count). The molecule has 0 saturated carbocycles. The Hall–Kier alpha value is -1.55. The quantitative estimate of drug-likeness (QED) is 0.813. The molecule has 0 atom stereocenters. The van der Waals surface area contributed by atoms with E-state index in [1.807, 2.05) is 12.1 Å². The molecule has 0 aliphatic rings. The van der Waals surface area contributed by atoms with Gasteiger partial charge in [-0.05, 0) is 45.2 Å². The Labute approximate surface area is 114 Å². The van der Waals surface area contributed by atoms with Crippen molar-refractivity contribution in [1.82, 2.24) is 9.55 Å². The monoisotopic (exact) mass is 261 g/mol. The smallest absolute Gasteiger partial charge is 0.201 e. The first-order valence-corrected chi connectivity index (χ1v) is 6.92. The molecule has 0 aliphatic carbocycles. The average Bonchev–Trinajstić information content (AvgIpc) is 2.66. The second kappa shape index (κ2) is 6.06. The zero-order valence-electron chi connectivity index (χ0n) is 12.0. The Bertz CT molecular complexity index is 546. The summed E-state index contributed by atoms with van der Waals surface area (Å²) < 4.78 is 7.66. The highest BCUT2D eigenvalue weighted by Gasteiger charge is 2.09. The molecule has 0 radical (unpaired) electrons. The zero-order chi connectivity index (χ0) is 13.8. The number of rotatable bonds is 6. The average molecular weight is 261 g/mol. The van der Waals surface area contributed by atoms with E-state index in [1.54, 1.807) is 0 Å². The van der Waals surface area contributed by atoms with Gasteiger partial charge < -0.3 is 15.0 Å². The van der Waals surface area contributed by atoms with Gasteiger partial charge in [0, 0.05) is 13.2 Å². The van der Waals surface area contributed by atoms with Crippen molar-refractivity contribution in [2.75, 3.05) is 12.3 Å². The fraction of sp³-hybridized carbons (Fsp3) is 0.533. The van der Waals surface area contributed by atoms with Gasteiger partial charge in [0.25, 0.3) is 0 Å². The van der Waals surface area contributed by atoms with Gasteiger partial charge in [-0.1, -0.05) is 12.1 Å². The maximum absolute atomic E-state index is 6.01. The number of fused-ring (bicyclic) bond motifs is 1. The Balaban J connectivity index is 2.02. The summed E-state index contributed by atoms with van der Waals surface area (Å²) in [5.74, 6) is 0.606. The molecule has 104 valence electrons. The lowest BCUT2D eigenvalue weighted by atomic mass is 10.2. The minimum Gasteiger partial charge on any atom is -0.379 e. The van der Waals surface area contributed by atoms with Gasteiger partial charge in [0.15, 0.2) is 0 Å². The van der Waals surface area contributed by atoms with Crippen LogP contribution < -0.4 is 5.73 Å². The van der Waals surface area contributed by atoms with Crippen molar-refractivity contribution in [3.8, 4) is 0 Å². The minimum atomic E-state index is 0.307. The van der Waals surface area contributed by atoms with Crippen LogP contribution in [0.5, 0.6) is 0 Å². The molecule has 2 N–H and O–H groups in total. The fourth-order valence-corrected chi connectivity index (χ4v) is 2.30. The highest BCUT2D eigenvalue weighted by molar-refractivity contribution is 5.81. The van der Waals surface area contributed by atoms with Gasteiger partial charge in [-0.2, -0.15) is 0 Å². The summed E-state index contributed by atoms with van der Waals surface area (Å²) in [6.07, 6.45) is 2.40. The topological polar surface area (TPSA) is 53.1 Å². The van der Waals surface area contributed by atoms with E-state index >= 15 is 0 Å². The molecule has 0 aliphatic heterocycles. The Morgan fingerprint density at radius 2 is 2.11 bits per heavy atom. The van der Waals surface area contributed by atoms with Gasteiger partial charge in [-0.15, -0.1) is 0 Å². The molecule has 2 aromatic rings. The molecule has 0 spiro atoms. The van der Waals surface area contributed by atoms with E-state index in [9.17, 15) is 0 Å². The van der Waals surface area contributed by atoms with E-state index in [2.05, 4.69) is 36.4 Å². The van der Waals surface area contributed by atoms with Crippen molar-refractivity contribution >= 4 is 17.0 Å². The van der Waals surface area contributed by atoms with Crippen LogP contribution in [0.3, 0.4) is 0 Å². The minimum absolute atomic E-state index is 0.307. The van der Waals surface area contributed by atoms with Crippen LogP contribution >= 0.6 is 0 Å². The maximum atomic E-state index is 6.01. The number of nitrogens with two attached hydrogens (primary N) is 1. The Morgan fingerprint density at radius 1 is 1.32 bits per heavy atom. The zero-order valence-corrected chi connectivity index (χ0v) is 12.0. The van der Waals surface area contributed by atoms with Crippen LogP contribution in [-0.4, -0.2) is 22.3 Å². The molecule has 4 nitrogen and oxygen atoms in total. The standard InChI is InChI=1S/C15H23N3O/c1-11(2)19-10-5-4-9-18-14-12(3)7-6-8-13(14)17-15(18)16/h6-8,11H,4-5,9-10H2,1-3H3,(H2,16,17). The lowest BCUT2D eigenvalue weighted by Crippen LogP contribution is -2.07. The molecule has 0 bridgehead atoms. The highest BCUT2D eigenvalue weighted by Crippen LogP contribution is 2.21. The third kappa shape index (κ3) is 3.26. The van der Waals surface area contributed by atoms with E-state index in [1.165, 1.54) is 5.56 Å². The summed E-state index contributed by atoms with van der Waals surface area (Å²) in [6, 6.07) is 6.13. The number of aryl methyl sites for hydroxylation is 2. The molecule has 0 fully saturated rings. The van der Waals surface area contributed by atoms with Crippen molar-refractivity contribution < 1.29 is 4.74 Å². The predicted molar refractivity (Wildman–Crippen MR) is 79.2 cm³/mol. The van der Waals surface area contributed by atoms with Crippen molar-refractivity contribution in [1.29, 1.82) is 0 Å². The number of nitrogens with zero attached hydrogens (tertiary/aromatic N) is 2. The number of aromatic nitrogens is 2. The van der Waals surface area contributed by atoms with Crippen LogP contribution in [0.1, 0.15) is 32.3 Å². The number of imidazole rings is 1. The van der Waals surface area contributed by atoms with Crippen LogP contribution in [0.2, 0.25) is 0 Å². The van der Waals surface area contributed by atoms with E-state index < -0.39 is 0 Å². The first-order valence-electron chi connectivity index (χ1n) is 6.92. The SMILES string of the molecule is Cc1cccc2nc(N)n(CCCCOC(C)C)c12. The van der Waals surface area contributed by atoms with Gasteiger partial charge in [0.05, 0.1) is 17.1 Å². The lowest BCUT2D eigenvalue weighted by molar-refractivity contribution is 0.0755. The number of benzene rings is 1. The molecule has 4 heteroatoms. The third-order valence-electron chi connectivity index (χ3n) is 3.23. The molecule has 1 aromatic carbocycles. The van der Waals surface area contributed by atoms with Crippen LogP contribution in [0.4, 0.5) is 5.95 Å². The number of nitrogen functional groups attached to an aromatic ring is 1. The van der Waals surface area contributed by atoms with Gasteiger partial charge in [0.1, 0.15) is 0 Å². The summed E-state index contributed by atoms with van der Waals surface area (Å²) >= 11 is 0. The number of hydrogen-bond acceptors (Lipinski definition) is 3. The van der Waals surface area contributed by atoms with Crippen LogP contribution in [0.15, 0.2) is 18.2 Å². The van der Waals surface area contributed by atoms with E-state index in [4.69, 9.17) is 10.5 Å². The summed E-state index contributed by atoms with van der Waals surface area (Å²) in [4.78, 5) is 4.41. The molecule has 0 unspecified atom stereocenters. The Kier molecular flexibility index (Phi) is 4.43. The lowest BCUT2D eigenvalue weighted by Gasteiger charge is -2.09. The van der Waals surface area contributed by atoms with E-state index in [0.717, 1.165) is 37.0 Å². The van der Waals surface area contributed by atoms with Gasteiger partial charge >= 0.3 is 0 Å². The number of ether oxygens (including phenoxy) is 1. The van der Waals surface area contributed by atoms with Gasteiger partial charge in [-0.25, -0.2) is 4.98 Å². The van der Waals surface area contributed by atoms with Gasteiger partial charge in [-0.3, -0.25) is 0 Å². The summed E-state index contributed by atoms with van der Waals surface area (Å²) in [5, 5.41) is 0. The van der Waals surface area contributed by atoms with Crippen LogP contribution in [-0.2, 0) is 11.3 Å². The number of unbranched alkanes of at least 4 members (excludes halogenated alkanes) is 1. The second-order valence-corrected chi connectivity index (χ2v) is 5.19. The second-order valence-electron chi connectivity index (χ2n) is 5.19. The molecule has 0 amide bonds. The molecule has 19 heavy (non-hydrogen) atoms. The number of hydrogen-bond donors (Lipinski definition) is 1. The maximum Gasteiger partial charge on any atom is 0.201 e. The van der Waals surface area contributed by atoms with Crippen molar-refractivity contribution in [3.05, 3.63) is 23.8 Å². The summed E-state index contributed by atoms with van der Waals surface area (Å²) in [6.45, 7) is 7.93.